The van der Waals surface area contributed by atoms with E-state index in [1.807, 2.05) is 20.0 Å². The summed E-state index contributed by atoms with van der Waals surface area (Å²) in [7, 11) is 1.85. The van der Waals surface area contributed by atoms with Crippen LogP contribution in [0.5, 0.6) is 0 Å². The molecule has 1 unspecified atom stereocenters. The lowest BCUT2D eigenvalue weighted by Crippen LogP contribution is -2.38. The highest BCUT2D eigenvalue weighted by Gasteiger charge is 2.48. The van der Waals surface area contributed by atoms with Crippen molar-refractivity contribution in [1.82, 2.24) is 4.90 Å². The summed E-state index contributed by atoms with van der Waals surface area (Å²) < 4.78 is 5.21. The number of amides is 1. The first kappa shape index (κ1) is 13.1. The van der Waals surface area contributed by atoms with Gasteiger partial charge in [0.1, 0.15) is 0 Å². The SMILES string of the molecule is CN(CCc1cccc2ccccc12)C(=O)C1(C)CO1. The molecule has 0 aliphatic carbocycles. The van der Waals surface area contributed by atoms with Crippen LogP contribution in [0.4, 0.5) is 0 Å². The molecule has 3 nitrogen and oxygen atoms in total. The van der Waals surface area contributed by atoms with Gasteiger partial charge in [-0.05, 0) is 29.7 Å². The third kappa shape index (κ3) is 2.41. The Morgan fingerprint density at radius 2 is 1.95 bits per heavy atom. The van der Waals surface area contributed by atoms with E-state index >= 15 is 0 Å². The minimum Gasteiger partial charge on any atom is -0.359 e. The molecular weight excluding hydrogens is 250 g/mol. The number of hydrogen-bond donors (Lipinski definition) is 0. The summed E-state index contributed by atoms with van der Waals surface area (Å²) in [4.78, 5) is 13.9. The van der Waals surface area contributed by atoms with Crippen molar-refractivity contribution in [2.75, 3.05) is 20.2 Å². The molecule has 2 aromatic carbocycles. The summed E-state index contributed by atoms with van der Waals surface area (Å²) in [6.45, 7) is 3.11. The Hall–Kier alpha value is -1.87. The van der Waals surface area contributed by atoms with E-state index in [-0.39, 0.29) is 5.91 Å². The van der Waals surface area contributed by atoms with Crippen LogP contribution in [-0.2, 0) is 16.0 Å². The number of likely N-dealkylation sites (N-methyl/N-ethyl adjacent to an activating group) is 1. The van der Waals surface area contributed by atoms with E-state index < -0.39 is 5.60 Å². The maximum Gasteiger partial charge on any atom is 0.256 e. The van der Waals surface area contributed by atoms with Crippen LogP contribution < -0.4 is 0 Å². The molecule has 0 radical (unpaired) electrons. The largest absolute Gasteiger partial charge is 0.359 e. The van der Waals surface area contributed by atoms with Crippen molar-refractivity contribution in [3.8, 4) is 0 Å². The zero-order chi connectivity index (χ0) is 14.2. The molecule has 2 aromatic rings. The van der Waals surface area contributed by atoms with E-state index in [1.165, 1.54) is 16.3 Å². The van der Waals surface area contributed by atoms with Crippen LogP contribution in [0.2, 0.25) is 0 Å². The van der Waals surface area contributed by atoms with Gasteiger partial charge in [-0.25, -0.2) is 0 Å². The summed E-state index contributed by atoms with van der Waals surface area (Å²) >= 11 is 0. The highest BCUT2D eigenvalue weighted by molar-refractivity contribution is 5.87. The predicted molar refractivity (Wildman–Crippen MR) is 79.6 cm³/mol. The second-order valence-corrected chi connectivity index (χ2v) is 5.63. The van der Waals surface area contributed by atoms with Crippen LogP contribution in [0.15, 0.2) is 42.5 Å². The molecule has 3 heteroatoms. The molecule has 1 heterocycles. The molecule has 3 rings (SSSR count). The number of benzene rings is 2. The van der Waals surface area contributed by atoms with Crippen molar-refractivity contribution in [3.63, 3.8) is 0 Å². The molecule has 1 atom stereocenters. The van der Waals surface area contributed by atoms with E-state index in [4.69, 9.17) is 4.74 Å². The van der Waals surface area contributed by atoms with Gasteiger partial charge in [0.25, 0.3) is 5.91 Å². The van der Waals surface area contributed by atoms with Crippen molar-refractivity contribution < 1.29 is 9.53 Å². The van der Waals surface area contributed by atoms with Gasteiger partial charge in [-0.15, -0.1) is 0 Å². The third-order valence-corrected chi connectivity index (χ3v) is 3.97. The first-order chi connectivity index (χ1) is 9.60. The fourth-order valence-corrected chi connectivity index (χ4v) is 2.54. The standard InChI is InChI=1S/C17H19NO2/c1-17(12-20-17)16(19)18(2)11-10-14-8-5-7-13-6-3-4-9-15(13)14/h3-9H,10-12H2,1-2H3. The highest BCUT2D eigenvalue weighted by Crippen LogP contribution is 2.28. The second-order valence-electron chi connectivity index (χ2n) is 5.63. The first-order valence-corrected chi connectivity index (χ1v) is 6.96. The van der Waals surface area contributed by atoms with E-state index in [0.29, 0.717) is 13.2 Å². The lowest BCUT2D eigenvalue weighted by atomic mass is 10.0. The minimum absolute atomic E-state index is 0.0812. The Labute approximate surface area is 119 Å². The van der Waals surface area contributed by atoms with E-state index in [1.54, 1.807) is 4.90 Å². The highest BCUT2D eigenvalue weighted by atomic mass is 16.6. The van der Waals surface area contributed by atoms with Crippen LogP contribution in [-0.4, -0.2) is 36.6 Å². The van der Waals surface area contributed by atoms with E-state index in [0.717, 1.165) is 6.42 Å². The minimum atomic E-state index is -0.562. The summed E-state index contributed by atoms with van der Waals surface area (Å²) in [6, 6.07) is 14.7. The Morgan fingerprint density at radius 1 is 1.25 bits per heavy atom. The zero-order valence-electron chi connectivity index (χ0n) is 11.9. The quantitative estimate of drug-likeness (QED) is 0.799. The van der Waals surface area contributed by atoms with Gasteiger partial charge in [0.2, 0.25) is 0 Å². The smallest absolute Gasteiger partial charge is 0.256 e. The van der Waals surface area contributed by atoms with Gasteiger partial charge >= 0.3 is 0 Å². The molecule has 0 aromatic heterocycles. The molecule has 1 fully saturated rings. The van der Waals surface area contributed by atoms with Gasteiger partial charge in [-0.1, -0.05) is 42.5 Å². The number of carbonyl (C=O) groups is 1. The second kappa shape index (κ2) is 4.91. The molecule has 0 N–H and O–H groups in total. The molecular formula is C17H19NO2. The van der Waals surface area contributed by atoms with Crippen molar-refractivity contribution >= 4 is 16.7 Å². The summed E-state index contributed by atoms with van der Waals surface area (Å²) in [6.07, 6.45) is 0.861. The number of rotatable bonds is 4. The Morgan fingerprint density at radius 3 is 2.70 bits per heavy atom. The average Bonchev–Trinajstić information content (AvgIpc) is 3.23. The van der Waals surface area contributed by atoms with E-state index in [2.05, 4.69) is 36.4 Å². The molecule has 0 bridgehead atoms. The van der Waals surface area contributed by atoms with Gasteiger partial charge in [0, 0.05) is 13.6 Å². The van der Waals surface area contributed by atoms with Crippen LogP contribution in [0.25, 0.3) is 10.8 Å². The topological polar surface area (TPSA) is 32.8 Å². The Kier molecular flexibility index (Phi) is 3.22. The number of nitrogens with zero attached hydrogens (tertiary/aromatic N) is 1. The zero-order valence-corrected chi connectivity index (χ0v) is 11.9. The predicted octanol–water partition coefficient (Wildman–Crippen LogP) is 2.63. The molecule has 0 saturated carbocycles. The van der Waals surface area contributed by atoms with Crippen LogP contribution in [0.1, 0.15) is 12.5 Å². The van der Waals surface area contributed by atoms with Gasteiger partial charge in [-0.3, -0.25) is 4.79 Å². The lowest BCUT2D eigenvalue weighted by Gasteiger charge is -2.19. The molecule has 1 aliphatic rings. The monoisotopic (exact) mass is 269 g/mol. The number of hydrogen-bond acceptors (Lipinski definition) is 2. The van der Waals surface area contributed by atoms with Gasteiger partial charge in [0.05, 0.1) is 6.61 Å². The first-order valence-electron chi connectivity index (χ1n) is 6.96. The van der Waals surface area contributed by atoms with Crippen molar-refractivity contribution in [2.45, 2.75) is 18.9 Å². The third-order valence-electron chi connectivity index (χ3n) is 3.97. The van der Waals surface area contributed by atoms with Crippen molar-refractivity contribution in [1.29, 1.82) is 0 Å². The fourth-order valence-electron chi connectivity index (χ4n) is 2.54. The molecule has 20 heavy (non-hydrogen) atoms. The number of carbonyl (C=O) groups excluding carboxylic acids is 1. The normalized spacial score (nSPS) is 20.9. The maximum atomic E-state index is 12.1. The maximum absolute atomic E-state index is 12.1. The summed E-state index contributed by atoms with van der Waals surface area (Å²) in [5.74, 6) is 0.0812. The fraction of sp³-hybridized carbons (Fsp3) is 0.353. The number of epoxide rings is 1. The van der Waals surface area contributed by atoms with Gasteiger partial charge < -0.3 is 9.64 Å². The van der Waals surface area contributed by atoms with Crippen LogP contribution >= 0.6 is 0 Å². The van der Waals surface area contributed by atoms with Gasteiger partial charge in [0.15, 0.2) is 5.60 Å². The Bertz CT molecular complexity index is 641. The molecule has 1 saturated heterocycles. The molecule has 104 valence electrons. The average molecular weight is 269 g/mol. The Balaban J connectivity index is 1.72. The molecule has 0 spiro atoms. The summed E-state index contributed by atoms with van der Waals surface area (Å²) in [5, 5.41) is 2.52. The summed E-state index contributed by atoms with van der Waals surface area (Å²) in [5.41, 5.74) is 0.720. The number of ether oxygens (including phenoxy) is 1. The lowest BCUT2D eigenvalue weighted by molar-refractivity contribution is -0.134. The van der Waals surface area contributed by atoms with Crippen LogP contribution in [0.3, 0.4) is 0 Å². The van der Waals surface area contributed by atoms with Crippen LogP contribution in [0, 0.1) is 0 Å². The van der Waals surface area contributed by atoms with Gasteiger partial charge in [-0.2, -0.15) is 0 Å². The van der Waals surface area contributed by atoms with Crippen molar-refractivity contribution in [3.05, 3.63) is 48.0 Å². The van der Waals surface area contributed by atoms with E-state index in [9.17, 15) is 4.79 Å². The molecule has 1 aliphatic heterocycles. The van der Waals surface area contributed by atoms with Crippen molar-refractivity contribution in [2.24, 2.45) is 0 Å². The molecule has 1 amide bonds. The number of fused-ring (bicyclic) bond motifs is 1.